The van der Waals surface area contributed by atoms with E-state index < -0.39 is 6.17 Å². The van der Waals surface area contributed by atoms with Gasteiger partial charge in [-0.2, -0.15) is 0 Å². The van der Waals surface area contributed by atoms with Gasteiger partial charge in [0.05, 0.1) is 4.47 Å². The Balaban J connectivity index is 2.46. The number of halogens is 2. The van der Waals surface area contributed by atoms with Crippen LogP contribution in [0.1, 0.15) is 18.7 Å². The number of hydrogen-bond donors (Lipinski definition) is 0. The van der Waals surface area contributed by atoms with Crippen molar-refractivity contribution >= 4 is 15.9 Å². The third kappa shape index (κ3) is 1.71. The fraction of sp³-hybridized carbons (Fsp3) is 0.400. The van der Waals surface area contributed by atoms with E-state index in [1.54, 1.807) is 12.1 Å². The van der Waals surface area contributed by atoms with Crippen LogP contribution in [0.3, 0.4) is 0 Å². The molecule has 1 atom stereocenters. The summed E-state index contributed by atoms with van der Waals surface area (Å²) in [6, 6.07) is 3.40. The Morgan fingerprint density at radius 2 is 2.07 bits per heavy atom. The third-order valence-corrected chi connectivity index (χ3v) is 2.67. The molecule has 1 aliphatic heterocycles. The summed E-state index contributed by atoms with van der Waals surface area (Å²) < 4.78 is 24.6. The number of ether oxygens (including phenoxy) is 2. The number of benzene rings is 1. The second-order valence-electron chi connectivity index (χ2n) is 3.14. The van der Waals surface area contributed by atoms with E-state index in [2.05, 4.69) is 15.9 Å². The Kier molecular flexibility index (Phi) is 2.63. The van der Waals surface area contributed by atoms with Crippen molar-refractivity contribution < 1.29 is 13.9 Å². The van der Waals surface area contributed by atoms with E-state index in [-0.39, 0.29) is 0 Å². The zero-order valence-electron chi connectivity index (χ0n) is 7.72. The minimum atomic E-state index is -0.998. The van der Waals surface area contributed by atoms with Gasteiger partial charge in [-0.25, -0.2) is 4.39 Å². The van der Waals surface area contributed by atoms with Gasteiger partial charge in [-0.3, -0.25) is 0 Å². The molecule has 2 rings (SSSR count). The Bertz CT molecular complexity index is 352. The van der Waals surface area contributed by atoms with Crippen LogP contribution < -0.4 is 9.47 Å². The van der Waals surface area contributed by atoms with E-state index in [0.29, 0.717) is 30.3 Å². The predicted molar refractivity (Wildman–Crippen MR) is 54.7 cm³/mol. The summed E-state index contributed by atoms with van der Waals surface area (Å²) in [5.74, 6) is 1.28. The maximum atomic E-state index is 13.1. The molecule has 0 bridgehead atoms. The van der Waals surface area contributed by atoms with Gasteiger partial charge in [-0.1, -0.05) is 0 Å². The molecule has 4 heteroatoms. The van der Waals surface area contributed by atoms with Crippen LogP contribution >= 0.6 is 15.9 Å². The molecule has 0 amide bonds. The molecule has 0 aromatic heterocycles. The molecule has 1 aliphatic rings. The Morgan fingerprint density at radius 1 is 1.36 bits per heavy atom. The van der Waals surface area contributed by atoms with Crippen molar-refractivity contribution in [1.29, 1.82) is 0 Å². The standard InChI is InChI=1S/C10H10BrFO2/c1-6(12)7-4-8(11)10-9(5-7)13-2-3-14-10/h4-6H,2-3H2,1H3. The Labute approximate surface area is 90.1 Å². The van der Waals surface area contributed by atoms with Gasteiger partial charge in [0.15, 0.2) is 11.5 Å². The van der Waals surface area contributed by atoms with Crippen LogP contribution in [0.2, 0.25) is 0 Å². The van der Waals surface area contributed by atoms with Crippen LogP contribution in [0.15, 0.2) is 16.6 Å². The highest BCUT2D eigenvalue weighted by atomic mass is 79.9. The average Bonchev–Trinajstić information content (AvgIpc) is 2.17. The minimum absolute atomic E-state index is 0.517. The highest BCUT2D eigenvalue weighted by Crippen LogP contribution is 2.40. The molecular weight excluding hydrogens is 251 g/mol. The van der Waals surface area contributed by atoms with Crippen molar-refractivity contribution in [2.45, 2.75) is 13.1 Å². The molecule has 14 heavy (non-hydrogen) atoms. The van der Waals surface area contributed by atoms with Gasteiger partial charge in [-0.15, -0.1) is 0 Å². The van der Waals surface area contributed by atoms with Gasteiger partial charge in [0.25, 0.3) is 0 Å². The van der Waals surface area contributed by atoms with Crippen LogP contribution in [0.4, 0.5) is 4.39 Å². The summed E-state index contributed by atoms with van der Waals surface area (Å²) in [6.07, 6.45) is -0.998. The first-order chi connectivity index (χ1) is 6.68. The van der Waals surface area contributed by atoms with Crippen molar-refractivity contribution in [3.8, 4) is 11.5 Å². The van der Waals surface area contributed by atoms with Gasteiger partial charge >= 0.3 is 0 Å². The first kappa shape index (κ1) is 9.77. The summed E-state index contributed by atoms with van der Waals surface area (Å²) >= 11 is 3.33. The SMILES string of the molecule is CC(F)c1cc(Br)c2c(c1)OCCO2. The van der Waals surface area contributed by atoms with Crippen molar-refractivity contribution in [2.75, 3.05) is 13.2 Å². The summed E-state index contributed by atoms with van der Waals surface area (Å²) in [5, 5.41) is 0. The lowest BCUT2D eigenvalue weighted by Gasteiger charge is -2.20. The van der Waals surface area contributed by atoms with E-state index >= 15 is 0 Å². The zero-order chi connectivity index (χ0) is 10.1. The molecule has 0 saturated carbocycles. The van der Waals surface area contributed by atoms with E-state index in [1.807, 2.05) is 0 Å². The van der Waals surface area contributed by atoms with Gasteiger partial charge < -0.3 is 9.47 Å². The molecule has 2 nitrogen and oxygen atoms in total. The van der Waals surface area contributed by atoms with Gasteiger partial charge in [-0.05, 0) is 40.5 Å². The predicted octanol–water partition coefficient (Wildman–Crippen LogP) is 3.25. The van der Waals surface area contributed by atoms with Crippen LogP contribution in [0.25, 0.3) is 0 Å². The van der Waals surface area contributed by atoms with Crippen molar-refractivity contribution in [2.24, 2.45) is 0 Å². The number of fused-ring (bicyclic) bond motifs is 1. The molecular formula is C10H10BrFO2. The van der Waals surface area contributed by atoms with Crippen LogP contribution in [0, 0.1) is 0 Å². The largest absolute Gasteiger partial charge is 0.486 e. The summed E-state index contributed by atoms with van der Waals surface area (Å²) in [6.45, 7) is 2.55. The molecule has 0 radical (unpaired) electrons. The highest BCUT2D eigenvalue weighted by Gasteiger charge is 2.17. The highest BCUT2D eigenvalue weighted by molar-refractivity contribution is 9.10. The molecule has 1 unspecified atom stereocenters. The van der Waals surface area contributed by atoms with E-state index in [4.69, 9.17) is 9.47 Å². The quantitative estimate of drug-likeness (QED) is 0.772. The normalized spacial score (nSPS) is 16.5. The fourth-order valence-corrected chi connectivity index (χ4v) is 1.93. The maximum Gasteiger partial charge on any atom is 0.175 e. The molecule has 0 fully saturated rings. The van der Waals surface area contributed by atoms with Crippen LogP contribution in [-0.4, -0.2) is 13.2 Å². The van der Waals surface area contributed by atoms with Gasteiger partial charge in [0, 0.05) is 0 Å². The van der Waals surface area contributed by atoms with Crippen molar-refractivity contribution in [1.82, 2.24) is 0 Å². The minimum Gasteiger partial charge on any atom is -0.486 e. The molecule has 0 saturated heterocycles. The van der Waals surface area contributed by atoms with Crippen LogP contribution in [-0.2, 0) is 0 Å². The van der Waals surface area contributed by atoms with E-state index in [9.17, 15) is 4.39 Å². The summed E-state index contributed by atoms with van der Waals surface area (Å²) in [7, 11) is 0. The Morgan fingerprint density at radius 3 is 2.79 bits per heavy atom. The van der Waals surface area contributed by atoms with Crippen LogP contribution in [0.5, 0.6) is 11.5 Å². The average molecular weight is 261 g/mol. The monoisotopic (exact) mass is 260 g/mol. The van der Waals surface area contributed by atoms with Crippen molar-refractivity contribution in [3.63, 3.8) is 0 Å². The molecule has 0 N–H and O–H groups in total. The lowest BCUT2D eigenvalue weighted by Crippen LogP contribution is -2.16. The lowest BCUT2D eigenvalue weighted by molar-refractivity contribution is 0.170. The molecule has 1 aromatic rings. The zero-order valence-corrected chi connectivity index (χ0v) is 9.30. The molecule has 1 heterocycles. The van der Waals surface area contributed by atoms with Gasteiger partial charge in [0.1, 0.15) is 19.4 Å². The molecule has 76 valence electrons. The summed E-state index contributed by atoms with van der Waals surface area (Å²) in [5.41, 5.74) is 0.598. The molecule has 0 spiro atoms. The second-order valence-corrected chi connectivity index (χ2v) is 4.00. The first-order valence-electron chi connectivity index (χ1n) is 4.41. The first-order valence-corrected chi connectivity index (χ1v) is 5.21. The fourth-order valence-electron chi connectivity index (χ4n) is 1.36. The number of alkyl halides is 1. The maximum absolute atomic E-state index is 13.1. The second kappa shape index (κ2) is 3.77. The lowest BCUT2D eigenvalue weighted by atomic mass is 10.1. The smallest absolute Gasteiger partial charge is 0.175 e. The summed E-state index contributed by atoms with van der Waals surface area (Å²) in [4.78, 5) is 0. The van der Waals surface area contributed by atoms with E-state index in [1.165, 1.54) is 6.92 Å². The molecule has 1 aromatic carbocycles. The molecule has 0 aliphatic carbocycles. The van der Waals surface area contributed by atoms with Gasteiger partial charge in [0.2, 0.25) is 0 Å². The van der Waals surface area contributed by atoms with Crippen molar-refractivity contribution in [3.05, 3.63) is 22.2 Å². The number of hydrogen-bond acceptors (Lipinski definition) is 2. The number of rotatable bonds is 1. The topological polar surface area (TPSA) is 18.5 Å². The third-order valence-electron chi connectivity index (χ3n) is 2.08. The Hall–Kier alpha value is -0.770. The van der Waals surface area contributed by atoms with E-state index in [0.717, 1.165) is 4.47 Å².